The van der Waals surface area contributed by atoms with E-state index >= 15 is 0 Å². The van der Waals surface area contributed by atoms with Crippen LogP contribution in [0.5, 0.6) is 0 Å². The number of halogens is 1. The van der Waals surface area contributed by atoms with Crippen LogP contribution in [0.4, 0.5) is 15.8 Å². The van der Waals surface area contributed by atoms with Crippen LogP contribution in [0.1, 0.15) is 13.0 Å². The number of nitrogens with zero attached hydrogens (tertiary/aromatic N) is 2. The van der Waals surface area contributed by atoms with Crippen LogP contribution in [-0.4, -0.2) is 30.1 Å². The number of sulfonamides is 1. The van der Waals surface area contributed by atoms with Gasteiger partial charge in [0.15, 0.2) is 0 Å². The maximum absolute atomic E-state index is 13.7. The fourth-order valence-electron chi connectivity index (χ4n) is 2.54. The van der Waals surface area contributed by atoms with Crippen molar-refractivity contribution in [3.05, 3.63) is 54.6 Å². The molecule has 1 atom stereocenters. The van der Waals surface area contributed by atoms with Crippen LogP contribution in [0, 0.1) is 5.82 Å². The van der Waals surface area contributed by atoms with E-state index in [4.69, 9.17) is 0 Å². The van der Waals surface area contributed by atoms with Gasteiger partial charge in [-0.05, 0) is 37.3 Å². The Labute approximate surface area is 149 Å². The van der Waals surface area contributed by atoms with Gasteiger partial charge in [-0.25, -0.2) is 17.8 Å². The molecule has 9 heteroatoms. The van der Waals surface area contributed by atoms with Gasteiger partial charge in [0.1, 0.15) is 11.9 Å². The first-order chi connectivity index (χ1) is 12.2. The molecule has 0 aliphatic rings. The highest BCUT2D eigenvalue weighted by Crippen LogP contribution is 2.23. The molecule has 0 fully saturated rings. The number of fused-ring (bicyclic) bond motifs is 1. The number of nitrogens with one attached hydrogen (secondary N) is 2. The third kappa shape index (κ3) is 3.83. The number of benzene rings is 2. The molecule has 0 unspecified atom stereocenters. The number of imidazole rings is 1. The van der Waals surface area contributed by atoms with Crippen LogP contribution in [0.2, 0.25) is 0 Å². The highest BCUT2D eigenvalue weighted by atomic mass is 32.2. The summed E-state index contributed by atoms with van der Waals surface area (Å²) >= 11 is 0. The van der Waals surface area contributed by atoms with E-state index in [-0.39, 0.29) is 17.3 Å². The van der Waals surface area contributed by atoms with Gasteiger partial charge in [-0.1, -0.05) is 12.1 Å². The lowest BCUT2D eigenvalue weighted by Crippen LogP contribution is -2.23. The number of carbonyl (C=O) groups excluding carboxylic acids is 1. The van der Waals surface area contributed by atoms with Crippen LogP contribution in [0.15, 0.2) is 48.8 Å². The van der Waals surface area contributed by atoms with Gasteiger partial charge >= 0.3 is 0 Å². The van der Waals surface area contributed by atoms with E-state index in [0.717, 1.165) is 23.4 Å². The minimum Gasteiger partial charge on any atom is -0.324 e. The second-order valence-corrected chi connectivity index (χ2v) is 7.62. The number of amides is 1. The fourth-order valence-corrected chi connectivity index (χ4v) is 3.10. The zero-order chi connectivity index (χ0) is 18.9. The van der Waals surface area contributed by atoms with Crippen LogP contribution in [0.25, 0.3) is 11.0 Å². The predicted molar refractivity (Wildman–Crippen MR) is 97.9 cm³/mol. The minimum atomic E-state index is -3.64. The molecule has 3 rings (SSSR count). The summed E-state index contributed by atoms with van der Waals surface area (Å²) in [6.07, 6.45) is 2.50. The Bertz CT molecular complexity index is 1080. The first kappa shape index (κ1) is 17.9. The molecule has 26 heavy (non-hydrogen) atoms. The summed E-state index contributed by atoms with van der Waals surface area (Å²) in [6.45, 7) is 1.71. The van der Waals surface area contributed by atoms with Gasteiger partial charge in [-0.2, -0.15) is 0 Å². The topological polar surface area (TPSA) is 93.1 Å². The SMILES string of the molecule is C[C@H](C(=O)Nc1ccc(F)c(NS(C)(=O)=O)c1)n1cnc2ccccc21. The van der Waals surface area contributed by atoms with Gasteiger partial charge in [0.05, 0.1) is 29.3 Å². The van der Waals surface area contributed by atoms with Gasteiger partial charge in [0.25, 0.3) is 0 Å². The molecule has 0 radical (unpaired) electrons. The summed E-state index contributed by atoms with van der Waals surface area (Å²) in [5.41, 5.74) is 1.63. The molecule has 1 aromatic heterocycles. The molecule has 1 heterocycles. The Morgan fingerprint density at radius 1 is 1.23 bits per heavy atom. The molecule has 3 aromatic rings. The molecule has 7 nitrogen and oxygen atoms in total. The second kappa shape index (κ2) is 6.75. The largest absolute Gasteiger partial charge is 0.324 e. The molecular formula is C17H17FN4O3S. The van der Waals surface area contributed by atoms with Crippen molar-refractivity contribution >= 4 is 38.3 Å². The van der Waals surface area contributed by atoms with E-state index in [9.17, 15) is 17.6 Å². The summed E-state index contributed by atoms with van der Waals surface area (Å²) in [7, 11) is -3.64. The van der Waals surface area contributed by atoms with Crippen molar-refractivity contribution in [3.63, 3.8) is 0 Å². The van der Waals surface area contributed by atoms with Crippen molar-refractivity contribution < 1.29 is 17.6 Å². The molecule has 0 saturated carbocycles. The fraction of sp³-hybridized carbons (Fsp3) is 0.176. The summed E-state index contributed by atoms with van der Waals surface area (Å²) in [6, 6.07) is 10.5. The molecule has 0 aliphatic heterocycles. The number of hydrogen-bond acceptors (Lipinski definition) is 4. The van der Waals surface area contributed by atoms with E-state index in [0.29, 0.717) is 0 Å². The number of para-hydroxylation sites is 2. The van der Waals surface area contributed by atoms with Crippen molar-refractivity contribution in [1.82, 2.24) is 9.55 Å². The lowest BCUT2D eigenvalue weighted by atomic mass is 10.2. The Kier molecular flexibility index (Phi) is 4.64. The first-order valence-corrected chi connectivity index (χ1v) is 9.63. The van der Waals surface area contributed by atoms with Crippen LogP contribution in [-0.2, 0) is 14.8 Å². The van der Waals surface area contributed by atoms with Crippen molar-refractivity contribution in [2.75, 3.05) is 16.3 Å². The van der Waals surface area contributed by atoms with Gasteiger partial charge in [-0.15, -0.1) is 0 Å². The molecule has 1 amide bonds. The van der Waals surface area contributed by atoms with Crippen LogP contribution < -0.4 is 10.0 Å². The lowest BCUT2D eigenvalue weighted by Gasteiger charge is -2.15. The summed E-state index contributed by atoms with van der Waals surface area (Å²) < 4.78 is 40.1. The highest BCUT2D eigenvalue weighted by molar-refractivity contribution is 7.92. The van der Waals surface area contributed by atoms with Crippen molar-refractivity contribution in [3.8, 4) is 0 Å². The molecule has 2 aromatic carbocycles. The molecule has 0 spiro atoms. The number of anilines is 2. The van der Waals surface area contributed by atoms with Crippen LogP contribution in [0.3, 0.4) is 0 Å². The smallest absolute Gasteiger partial charge is 0.247 e. The molecule has 0 aliphatic carbocycles. The van der Waals surface area contributed by atoms with E-state index in [1.807, 2.05) is 24.3 Å². The number of hydrogen-bond donors (Lipinski definition) is 2. The van der Waals surface area contributed by atoms with Crippen molar-refractivity contribution in [2.45, 2.75) is 13.0 Å². The molecule has 0 saturated heterocycles. The Hall–Kier alpha value is -2.94. The van der Waals surface area contributed by atoms with Gasteiger partial charge in [-0.3, -0.25) is 9.52 Å². The number of aromatic nitrogens is 2. The Morgan fingerprint density at radius 3 is 2.69 bits per heavy atom. The molecule has 2 N–H and O–H groups in total. The van der Waals surface area contributed by atoms with Gasteiger partial charge in [0, 0.05) is 5.69 Å². The molecular weight excluding hydrogens is 359 g/mol. The van der Waals surface area contributed by atoms with Gasteiger partial charge in [0.2, 0.25) is 15.9 Å². The summed E-state index contributed by atoms with van der Waals surface area (Å²) in [4.78, 5) is 16.8. The monoisotopic (exact) mass is 376 g/mol. The first-order valence-electron chi connectivity index (χ1n) is 7.74. The summed E-state index contributed by atoms with van der Waals surface area (Å²) in [5, 5.41) is 2.66. The number of rotatable bonds is 5. The molecule has 136 valence electrons. The maximum Gasteiger partial charge on any atom is 0.247 e. The second-order valence-electron chi connectivity index (χ2n) is 5.87. The summed E-state index contributed by atoms with van der Waals surface area (Å²) in [5.74, 6) is -1.08. The normalized spacial score (nSPS) is 12.7. The van der Waals surface area contributed by atoms with Gasteiger partial charge < -0.3 is 9.88 Å². The van der Waals surface area contributed by atoms with E-state index in [1.54, 1.807) is 17.8 Å². The van der Waals surface area contributed by atoms with Crippen molar-refractivity contribution in [2.24, 2.45) is 0 Å². The van der Waals surface area contributed by atoms with E-state index < -0.39 is 21.9 Å². The minimum absolute atomic E-state index is 0.231. The zero-order valence-electron chi connectivity index (χ0n) is 14.1. The van der Waals surface area contributed by atoms with Crippen molar-refractivity contribution in [1.29, 1.82) is 0 Å². The predicted octanol–water partition coefficient (Wildman–Crippen LogP) is 2.75. The maximum atomic E-state index is 13.7. The van der Waals surface area contributed by atoms with E-state index in [1.165, 1.54) is 12.1 Å². The van der Waals surface area contributed by atoms with E-state index in [2.05, 4.69) is 15.0 Å². The number of carbonyl (C=O) groups is 1. The quantitative estimate of drug-likeness (QED) is 0.716. The third-order valence-electron chi connectivity index (χ3n) is 3.81. The van der Waals surface area contributed by atoms with Crippen LogP contribution >= 0.6 is 0 Å². The standard InChI is InChI=1S/C17H17FN4O3S/c1-11(22-10-19-14-5-3-4-6-16(14)22)17(23)20-12-7-8-13(18)15(9-12)21-26(2,24)25/h3-11,21H,1-2H3,(H,20,23)/t11-/m1/s1. The Morgan fingerprint density at radius 2 is 1.96 bits per heavy atom. The highest BCUT2D eigenvalue weighted by Gasteiger charge is 2.18. The molecule has 0 bridgehead atoms. The third-order valence-corrected chi connectivity index (χ3v) is 4.40. The zero-order valence-corrected chi connectivity index (χ0v) is 14.9. The average Bonchev–Trinajstić information content (AvgIpc) is 3.00. The average molecular weight is 376 g/mol. The lowest BCUT2D eigenvalue weighted by molar-refractivity contribution is -0.118. The Balaban J connectivity index is 1.82.